The lowest BCUT2D eigenvalue weighted by atomic mass is 9.77. The number of fused-ring (bicyclic) bond motifs is 4. The molecule has 2 aliphatic rings. The molecular formula is C32H37N3O7. The summed E-state index contributed by atoms with van der Waals surface area (Å²) in [5.74, 6) is -0.660. The second-order valence-corrected chi connectivity index (χ2v) is 10.9. The Kier molecular flexibility index (Phi) is 8.67. The van der Waals surface area contributed by atoms with E-state index in [1.165, 1.54) is 13.2 Å². The number of amides is 2. The minimum atomic E-state index is -1.18. The number of aromatic amines is 1. The molecular weight excluding hydrogens is 538 g/mol. The summed E-state index contributed by atoms with van der Waals surface area (Å²) in [6, 6.07) is 12.5. The largest absolute Gasteiger partial charge is 0.493 e. The fourth-order valence-electron chi connectivity index (χ4n) is 5.86. The number of carbonyl (C=O) groups is 2. The molecule has 1 aliphatic heterocycles. The van der Waals surface area contributed by atoms with E-state index in [4.69, 9.17) is 9.47 Å². The number of para-hydroxylation sites is 1. The van der Waals surface area contributed by atoms with Crippen LogP contribution in [0.2, 0.25) is 0 Å². The molecule has 4 atom stereocenters. The lowest BCUT2D eigenvalue weighted by Gasteiger charge is -2.40. The molecule has 10 heteroatoms. The number of benzene rings is 2. The fraction of sp³-hybridized carbons (Fsp3) is 0.375. The van der Waals surface area contributed by atoms with Crippen molar-refractivity contribution in [3.8, 4) is 11.5 Å². The normalized spacial score (nSPS) is 20.7. The smallest absolute Gasteiger partial charge is 0.247 e. The monoisotopic (exact) mass is 575 g/mol. The number of aliphatic hydroxyl groups is 3. The van der Waals surface area contributed by atoms with Crippen LogP contribution in [0.4, 0.5) is 0 Å². The number of aliphatic hydroxyl groups excluding tert-OH is 3. The molecule has 0 fully saturated rings. The molecule has 0 bridgehead atoms. The van der Waals surface area contributed by atoms with Gasteiger partial charge in [-0.2, -0.15) is 0 Å². The van der Waals surface area contributed by atoms with Gasteiger partial charge in [0.2, 0.25) is 11.8 Å². The number of ether oxygens (including phenoxy) is 2. The van der Waals surface area contributed by atoms with Crippen molar-refractivity contribution in [1.82, 2.24) is 15.2 Å². The summed E-state index contributed by atoms with van der Waals surface area (Å²) in [5, 5.41) is 34.8. The minimum absolute atomic E-state index is 0.0370. The first kappa shape index (κ1) is 29.4. The second kappa shape index (κ2) is 12.4. The number of methoxy groups -OCH3 is 1. The van der Waals surface area contributed by atoms with Gasteiger partial charge in [0.25, 0.3) is 0 Å². The summed E-state index contributed by atoms with van der Waals surface area (Å²) in [6.07, 6.45) is 1.56. The summed E-state index contributed by atoms with van der Waals surface area (Å²) in [4.78, 5) is 32.1. The first-order valence-electron chi connectivity index (χ1n) is 14.0. The van der Waals surface area contributed by atoms with E-state index in [1.807, 2.05) is 44.2 Å². The molecule has 5 N–H and O–H groups in total. The van der Waals surface area contributed by atoms with Gasteiger partial charge in [0.05, 0.1) is 32.3 Å². The van der Waals surface area contributed by atoms with Crippen molar-refractivity contribution in [2.75, 3.05) is 26.8 Å². The average Bonchev–Trinajstić information content (AvgIpc) is 3.58. The third kappa shape index (κ3) is 5.65. The maximum atomic E-state index is 13.6. The predicted octanol–water partition coefficient (Wildman–Crippen LogP) is 2.33. The van der Waals surface area contributed by atoms with Crippen LogP contribution in [0, 0.1) is 0 Å². The molecule has 2 heterocycles. The molecule has 0 unspecified atom stereocenters. The van der Waals surface area contributed by atoms with Crippen LogP contribution in [-0.2, 0) is 22.6 Å². The van der Waals surface area contributed by atoms with Crippen molar-refractivity contribution in [3.05, 3.63) is 82.6 Å². The highest BCUT2D eigenvalue weighted by Crippen LogP contribution is 2.51. The van der Waals surface area contributed by atoms with E-state index in [0.717, 1.165) is 22.2 Å². The Morgan fingerprint density at radius 3 is 2.64 bits per heavy atom. The van der Waals surface area contributed by atoms with Crippen LogP contribution in [0.5, 0.6) is 11.5 Å². The van der Waals surface area contributed by atoms with Crippen LogP contribution in [0.25, 0.3) is 10.9 Å². The Hall–Kier alpha value is -4.12. The Bertz CT molecular complexity index is 1510. The maximum Gasteiger partial charge on any atom is 0.247 e. The molecule has 42 heavy (non-hydrogen) atoms. The van der Waals surface area contributed by atoms with Gasteiger partial charge in [0.15, 0.2) is 11.5 Å². The molecule has 5 rings (SSSR count). The molecule has 2 amide bonds. The van der Waals surface area contributed by atoms with Gasteiger partial charge >= 0.3 is 0 Å². The van der Waals surface area contributed by atoms with E-state index in [9.17, 15) is 24.9 Å². The van der Waals surface area contributed by atoms with Crippen LogP contribution in [-0.4, -0.2) is 82.1 Å². The van der Waals surface area contributed by atoms with Crippen LogP contribution in [0.1, 0.15) is 36.6 Å². The molecule has 3 aromatic rings. The number of hydrogen-bond acceptors (Lipinski definition) is 7. The summed E-state index contributed by atoms with van der Waals surface area (Å²) >= 11 is 0. The lowest BCUT2D eigenvalue weighted by Crippen LogP contribution is -2.56. The van der Waals surface area contributed by atoms with Crippen LogP contribution in [0.15, 0.2) is 65.8 Å². The van der Waals surface area contributed by atoms with E-state index < -0.39 is 30.1 Å². The third-order valence-electron chi connectivity index (χ3n) is 7.76. The molecule has 10 nitrogen and oxygen atoms in total. The van der Waals surface area contributed by atoms with Gasteiger partial charge in [0, 0.05) is 47.9 Å². The number of allylic oxidation sites excluding steroid dienone is 1. The third-order valence-corrected chi connectivity index (χ3v) is 7.76. The zero-order chi connectivity index (χ0) is 30.0. The second-order valence-electron chi connectivity index (χ2n) is 10.9. The summed E-state index contributed by atoms with van der Waals surface area (Å²) in [6.45, 7) is 3.46. The molecule has 0 radical (unpaired) electrons. The SMILES string of the molecule is COc1cc(CO)cc2c1O[C@@H]1[C@@H](O)[C@H](N(CCc3cc4ccccc4[nH]3)C(=O)C=C(C)C)C=C(C(=O)NCCO)[C@H]21. The van der Waals surface area contributed by atoms with Gasteiger partial charge in [-0.3, -0.25) is 9.59 Å². The topological polar surface area (TPSA) is 144 Å². The van der Waals surface area contributed by atoms with Gasteiger partial charge in [-0.25, -0.2) is 0 Å². The maximum absolute atomic E-state index is 13.6. The van der Waals surface area contributed by atoms with Crippen molar-refractivity contribution >= 4 is 22.7 Å². The standard InChI is InChI=1S/C32H37N3O7/c1-18(2)12-27(38)35(10-8-21-15-20-6-4-5-7-24(20)34-21)25-16-23(32(40)33-9-11-36)28-22-13-19(17-37)14-26(41-3)30(22)42-31(28)29(25)39/h4-7,12-16,25,28-29,31,34,36-37,39H,8-11,17H2,1-3H3,(H,33,40)/t25-,28+,29+,31+/m1/s1. The quantitative estimate of drug-likeness (QED) is 0.234. The number of rotatable bonds is 10. The van der Waals surface area contributed by atoms with Gasteiger partial charge in [0.1, 0.15) is 12.2 Å². The number of nitrogens with zero attached hydrogens (tertiary/aromatic N) is 1. The highest BCUT2D eigenvalue weighted by atomic mass is 16.5. The molecule has 0 saturated carbocycles. The zero-order valence-electron chi connectivity index (χ0n) is 24.0. The Labute approximate surface area is 244 Å². The number of carbonyl (C=O) groups excluding carboxylic acids is 2. The van der Waals surface area contributed by atoms with Crippen molar-refractivity contribution in [2.24, 2.45) is 0 Å². The minimum Gasteiger partial charge on any atom is -0.493 e. The van der Waals surface area contributed by atoms with E-state index in [1.54, 1.807) is 23.1 Å². The summed E-state index contributed by atoms with van der Waals surface area (Å²) in [5.41, 5.74) is 4.21. The molecule has 2 aromatic carbocycles. The molecule has 0 spiro atoms. The van der Waals surface area contributed by atoms with Crippen LogP contribution < -0.4 is 14.8 Å². The van der Waals surface area contributed by atoms with Crippen molar-refractivity contribution < 1.29 is 34.4 Å². The summed E-state index contributed by atoms with van der Waals surface area (Å²) < 4.78 is 11.8. The fourth-order valence-corrected chi connectivity index (χ4v) is 5.86. The predicted molar refractivity (Wildman–Crippen MR) is 157 cm³/mol. The van der Waals surface area contributed by atoms with Crippen molar-refractivity contribution in [2.45, 2.75) is 51.0 Å². The number of aromatic nitrogens is 1. The van der Waals surface area contributed by atoms with Crippen molar-refractivity contribution in [3.63, 3.8) is 0 Å². The molecule has 1 aromatic heterocycles. The Morgan fingerprint density at radius 1 is 1.17 bits per heavy atom. The highest BCUT2D eigenvalue weighted by Gasteiger charge is 2.51. The average molecular weight is 576 g/mol. The first-order chi connectivity index (χ1) is 20.2. The Morgan fingerprint density at radius 2 is 1.95 bits per heavy atom. The van der Waals surface area contributed by atoms with Gasteiger partial charge in [-0.1, -0.05) is 23.8 Å². The van der Waals surface area contributed by atoms with Gasteiger partial charge in [-0.15, -0.1) is 0 Å². The van der Waals surface area contributed by atoms with E-state index in [2.05, 4.69) is 10.3 Å². The van der Waals surface area contributed by atoms with E-state index >= 15 is 0 Å². The Balaban J connectivity index is 1.55. The number of hydrogen-bond donors (Lipinski definition) is 5. The van der Waals surface area contributed by atoms with E-state index in [0.29, 0.717) is 34.6 Å². The highest BCUT2D eigenvalue weighted by molar-refractivity contribution is 5.96. The van der Waals surface area contributed by atoms with Gasteiger partial charge in [-0.05, 0) is 55.1 Å². The molecule has 222 valence electrons. The lowest BCUT2D eigenvalue weighted by molar-refractivity contribution is -0.132. The molecule has 1 aliphatic carbocycles. The first-order valence-corrected chi connectivity index (χ1v) is 14.0. The molecule has 0 saturated heterocycles. The number of nitrogens with one attached hydrogen (secondary N) is 2. The van der Waals surface area contributed by atoms with E-state index in [-0.39, 0.29) is 32.2 Å². The summed E-state index contributed by atoms with van der Waals surface area (Å²) in [7, 11) is 1.48. The zero-order valence-corrected chi connectivity index (χ0v) is 24.0. The van der Waals surface area contributed by atoms with Crippen LogP contribution in [0.3, 0.4) is 0 Å². The van der Waals surface area contributed by atoms with Crippen LogP contribution >= 0.6 is 0 Å². The van der Waals surface area contributed by atoms with Crippen molar-refractivity contribution in [1.29, 1.82) is 0 Å². The van der Waals surface area contributed by atoms with Gasteiger partial charge < -0.3 is 40.0 Å². The number of H-pyrrole nitrogens is 1.